The average molecular weight is 445 g/mol. The molecule has 1 saturated heterocycles. The van der Waals surface area contributed by atoms with E-state index in [1.165, 1.54) is 12.1 Å². The van der Waals surface area contributed by atoms with Gasteiger partial charge in [0.15, 0.2) is 0 Å². The number of piperazine rings is 1. The molecule has 1 atom stereocenters. The maximum Gasteiger partial charge on any atom is 0.573 e. The molecule has 8 heteroatoms. The molecule has 2 aromatic rings. The van der Waals surface area contributed by atoms with Crippen molar-refractivity contribution in [2.24, 2.45) is 0 Å². The van der Waals surface area contributed by atoms with E-state index in [4.69, 9.17) is 4.74 Å². The van der Waals surface area contributed by atoms with Gasteiger partial charge in [-0.15, -0.1) is 13.2 Å². The number of rotatable bonds is 5. The van der Waals surface area contributed by atoms with E-state index >= 15 is 0 Å². The largest absolute Gasteiger partial charge is 0.573 e. The Hall–Kier alpha value is -1.77. The van der Waals surface area contributed by atoms with Crippen molar-refractivity contribution in [1.29, 1.82) is 0 Å². The first-order chi connectivity index (χ1) is 12.9. The van der Waals surface area contributed by atoms with E-state index in [9.17, 15) is 13.2 Å². The number of nitrogens with zero attached hydrogens (tertiary/aromatic N) is 1. The summed E-state index contributed by atoms with van der Waals surface area (Å²) in [6, 6.07) is 11.7. The second-order valence-corrected chi connectivity index (χ2v) is 7.11. The summed E-state index contributed by atoms with van der Waals surface area (Å²) < 4.78 is 47.8. The summed E-state index contributed by atoms with van der Waals surface area (Å²) in [4.78, 5) is 2.29. The maximum absolute atomic E-state index is 12.4. The first kappa shape index (κ1) is 20.0. The molecule has 0 aliphatic carbocycles. The summed E-state index contributed by atoms with van der Waals surface area (Å²) in [5.74, 6) is 0.504. The van der Waals surface area contributed by atoms with Gasteiger partial charge in [-0.25, -0.2) is 0 Å². The predicted molar refractivity (Wildman–Crippen MR) is 100 cm³/mol. The molecule has 0 saturated carbocycles. The molecule has 3 rings (SSSR count). The molecular formula is C19H20BrF3N2O2. The third-order valence-corrected chi connectivity index (χ3v) is 4.93. The van der Waals surface area contributed by atoms with E-state index in [-0.39, 0.29) is 11.8 Å². The number of alkyl halides is 3. The summed E-state index contributed by atoms with van der Waals surface area (Å²) >= 11 is 3.50. The molecule has 0 bridgehead atoms. The Bertz CT molecular complexity index is 763. The van der Waals surface area contributed by atoms with Gasteiger partial charge in [-0.3, -0.25) is 4.90 Å². The number of hydrogen-bond acceptors (Lipinski definition) is 4. The molecule has 1 N–H and O–H groups in total. The highest BCUT2D eigenvalue weighted by molar-refractivity contribution is 9.10. The fourth-order valence-corrected chi connectivity index (χ4v) is 3.68. The fraction of sp³-hybridized carbons (Fsp3) is 0.368. The van der Waals surface area contributed by atoms with Crippen LogP contribution in [0.2, 0.25) is 0 Å². The summed E-state index contributed by atoms with van der Waals surface area (Å²) in [7, 11) is 1.61. The molecule has 2 aromatic carbocycles. The average Bonchev–Trinajstić information content (AvgIpc) is 2.63. The number of nitrogens with one attached hydrogen (secondary N) is 1. The van der Waals surface area contributed by atoms with Gasteiger partial charge in [0.25, 0.3) is 0 Å². The molecule has 1 aliphatic rings. The zero-order valence-electron chi connectivity index (χ0n) is 14.7. The van der Waals surface area contributed by atoms with Crippen LogP contribution in [0, 0.1) is 0 Å². The lowest BCUT2D eigenvalue weighted by molar-refractivity contribution is -0.274. The van der Waals surface area contributed by atoms with Gasteiger partial charge in [0.1, 0.15) is 11.5 Å². The lowest BCUT2D eigenvalue weighted by Crippen LogP contribution is -2.45. The smallest absolute Gasteiger partial charge is 0.496 e. The van der Waals surface area contributed by atoms with Gasteiger partial charge in [-0.05, 0) is 35.9 Å². The van der Waals surface area contributed by atoms with Crippen LogP contribution in [0.15, 0.2) is 46.9 Å². The standard InChI is InChI=1S/C19H20BrF3N2O2/c1-26-17-7-4-14(20)12-16(17)18(25-10-8-24-9-11-25)13-2-5-15(6-3-13)27-19(21,22)23/h2-7,12,18,24H,8-11H2,1H3/t18-/m0/s1. The number of ether oxygens (including phenoxy) is 2. The van der Waals surface area contributed by atoms with Crippen LogP contribution in [-0.2, 0) is 0 Å². The van der Waals surface area contributed by atoms with E-state index in [2.05, 4.69) is 30.9 Å². The molecule has 27 heavy (non-hydrogen) atoms. The van der Waals surface area contributed by atoms with Crippen molar-refractivity contribution in [1.82, 2.24) is 10.2 Å². The number of hydrogen-bond donors (Lipinski definition) is 1. The Balaban J connectivity index is 1.99. The number of methoxy groups -OCH3 is 1. The minimum atomic E-state index is -4.70. The first-order valence-electron chi connectivity index (χ1n) is 8.51. The highest BCUT2D eigenvalue weighted by atomic mass is 79.9. The van der Waals surface area contributed by atoms with Gasteiger partial charge >= 0.3 is 6.36 Å². The van der Waals surface area contributed by atoms with Crippen LogP contribution in [0.4, 0.5) is 13.2 Å². The highest BCUT2D eigenvalue weighted by Gasteiger charge is 2.31. The lowest BCUT2D eigenvalue weighted by Gasteiger charge is -2.36. The number of benzene rings is 2. The van der Waals surface area contributed by atoms with Crippen molar-refractivity contribution in [3.63, 3.8) is 0 Å². The van der Waals surface area contributed by atoms with Crippen LogP contribution in [-0.4, -0.2) is 44.6 Å². The lowest BCUT2D eigenvalue weighted by atomic mass is 9.95. The second-order valence-electron chi connectivity index (χ2n) is 6.19. The van der Waals surface area contributed by atoms with Crippen LogP contribution >= 0.6 is 15.9 Å². The molecule has 4 nitrogen and oxygen atoms in total. The van der Waals surface area contributed by atoms with E-state index < -0.39 is 6.36 Å². The Morgan fingerprint density at radius 1 is 1.07 bits per heavy atom. The summed E-state index contributed by atoms with van der Waals surface area (Å²) in [6.45, 7) is 3.34. The van der Waals surface area contributed by atoms with Gasteiger partial charge in [0, 0.05) is 36.2 Å². The minimum absolute atomic E-state index is 0.139. The quantitative estimate of drug-likeness (QED) is 0.742. The van der Waals surface area contributed by atoms with Gasteiger partial charge in [0.2, 0.25) is 0 Å². The SMILES string of the molecule is COc1ccc(Br)cc1[C@H](c1ccc(OC(F)(F)F)cc1)N1CCNCC1. The van der Waals surface area contributed by atoms with E-state index in [0.717, 1.165) is 47.5 Å². The Kier molecular flexibility index (Phi) is 6.29. The van der Waals surface area contributed by atoms with Crippen LogP contribution in [0.25, 0.3) is 0 Å². The maximum atomic E-state index is 12.4. The zero-order valence-corrected chi connectivity index (χ0v) is 16.3. The third kappa shape index (κ3) is 5.15. The molecule has 0 unspecified atom stereocenters. The molecule has 1 fully saturated rings. The highest BCUT2D eigenvalue weighted by Crippen LogP contribution is 2.37. The first-order valence-corrected chi connectivity index (χ1v) is 9.30. The van der Waals surface area contributed by atoms with Crippen molar-refractivity contribution in [2.75, 3.05) is 33.3 Å². The molecular weight excluding hydrogens is 425 g/mol. The Morgan fingerprint density at radius 2 is 1.74 bits per heavy atom. The normalized spacial score (nSPS) is 16.8. The Morgan fingerprint density at radius 3 is 2.33 bits per heavy atom. The predicted octanol–water partition coefficient (Wildman–Crippen LogP) is 4.35. The summed E-state index contributed by atoms with van der Waals surface area (Å²) in [5.41, 5.74) is 1.83. The van der Waals surface area contributed by atoms with Gasteiger partial charge in [-0.1, -0.05) is 28.1 Å². The molecule has 146 valence electrons. The number of halogens is 4. The van der Waals surface area contributed by atoms with Crippen LogP contribution in [0.1, 0.15) is 17.2 Å². The minimum Gasteiger partial charge on any atom is -0.496 e. The van der Waals surface area contributed by atoms with Crippen LogP contribution < -0.4 is 14.8 Å². The van der Waals surface area contributed by atoms with Crippen molar-refractivity contribution in [2.45, 2.75) is 12.4 Å². The topological polar surface area (TPSA) is 33.7 Å². The van der Waals surface area contributed by atoms with Crippen molar-refractivity contribution >= 4 is 15.9 Å². The zero-order chi connectivity index (χ0) is 19.4. The van der Waals surface area contributed by atoms with Crippen LogP contribution in [0.5, 0.6) is 11.5 Å². The van der Waals surface area contributed by atoms with E-state index in [1.807, 2.05) is 18.2 Å². The van der Waals surface area contributed by atoms with Crippen molar-refractivity contribution in [3.05, 3.63) is 58.1 Å². The van der Waals surface area contributed by atoms with Gasteiger partial charge < -0.3 is 14.8 Å². The molecule has 0 radical (unpaired) electrons. The Labute approximate surface area is 164 Å². The molecule has 1 aliphatic heterocycles. The molecule has 1 heterocycles. The van der Waals surface area contributed by atoms with Crippen molar-refractivity contribution < 1.29 is 22.6 Å². The molecule has 0 spiro atoms. The molecule has 0 amide bonds. The molecule has 0 aromatic heterocycles. The summed E-state index contributed by atoms with van der Waals surface area (Å²) in [5, 5.41) is 3.32. The monoisotopic (exact) mass is 444 g/mol. The summed E-state index contributed by atoms with van der Waals surface area (Å²) in [6.07, 6.45) is -4.70. The van der Waals surface area contributed by atoms with Gasteiger partial charge in [-0.2, -0.15) is 0 Å². The second kappa shape index (κ2) is 8.50. The van der Waals surface area contributed by atoms with E-state index in [0.29, 0.717) is 0 Å². The fourth-order valence-electron chi connectivity index (χ4n) is 3.30. The third-order valence-electron chi connectivity index (χ3n) is 4.43. The van der Waals surface area contributed by atoms with Crippen molar-refractivity contribution in [3.8, 4) is 11.5 Å². The van der Waals surface area contributed by atoms with E-state index in [1.54, 1.807) is 19.2 Å². The van der Waals surface area contributed by atoms with Gasteiger partial charge in [0.05, 0.1) is 13.2 Å². The van der Waals surface area contributed by atoms with Crippen LogP contribution in [0.3, 0.4) is 0 Å².